The molecule has 0 saturated heterocycles. The van der Waals surface area contributed by atoms with Crippen LogP contribution in [0.3, 0.4) is 0 Å². The molecule has 1 fully saturated rings. The highest BCUT2D eigenvalue weighted by Gasteiger charge is 2.56. The van der Waals surface area contributed by atoms with E-state index in [4.69, 9.17) is 4.42 Å². The molecular formula is C13H11BrN2O. The van der Waals surface area contributed by atoms with Gasteiger partial charge in [0.25, 0.3) is 4.80 Å². The smallest absolute Gasteiger partial charge is 0.284 e. The van der Waals surface area contributed by atoms with Crippen LogP contribution in [0.2, 0.25) is 0 Å². The molecule has 0 amide bonds. The van der Waals surface area contributed by atoms with Gasteiger partial charge in [0, 0.05) is 21.8 Å². The number of nitrogens with zero attached hydrogens (tertiary/aromatic N) is 2. The van der Waals surface area contributed by atoms with Gasteiger partial charge in [-0.25, -0.2) is 0 Å². The minimum atomic E-state index is 0.442. The van der Waals surface area contributed by atoms with Gasteiger partial charge in [-0.3, -0.25) is 0 Å². The van der Waals surface area contributed by atoms with Gasteiger partial charge in [0.1, 0.15) is 0 Å². The van der Waals surface area contributed by atoms with Crippen molar-refractivity contribution in [2.24, 2.45) is 5.92 Å². The molecule has 0 bridgehead atoms. The van der Waals surface area contributed by atoms with E-state index in [9.17, 15) is 0 Å². The van der Waals surface area contributed by atoms with Crippen molar-refractivity contribution in [3.05, 3.63) is 46.1 Å². The average molecular weight is 291 g/mol. The van der Waals surface area contributed by atoms with Gasteiger partial charge in [-0.15, -0.1) is 10.2 Å². The van der Waals surface area contributed by atoms with Crippen LogP contribution in [0.4, 0.5) is 0 Å². The maximum atomic E-state index is 5.51. The van der Waals surface area contributed by atoms with Gasteiger partial charge in [-0.2, -0.15) is 0 Å². The molecule has 3 atom stereocenters. The molecule has 0 aliphatic heterocycles. The molecule has 4 rings (SSSR count). The summed E-state index contributed by atoms with van der Waals surface area (Å²) in [5, 5.41) is 8.00. The number of rotatable bonds is 1. The highest BCUT2D eigenvalue weighted by Crippen LogP contribution is 2.64. The molecule has 1 saturated carbocycles. The summed E-state index contributed by atoms with van der Waals surface area (Å²) in [6.07, 6.45) is 2.43. The fourth-order valence-corrected chi connectivity index (χ4v) is 3.50. The number of hydrogen-bond acceptors (Lipinski definition) is 3. The van der Waals surface area contributed by atoms with Crippen molar-refractivity contribution >= 4 is 15.9 Å². The molecule has 3 nitrogen and oxygen atoms in total. The Morgan fingerprint density at radius 1 is 1.18 bits per heavy atom. The van der Waals surface area contributed by atoms with E-state index in [-0.39, 0.29) is 0 Å². The number of halogens is 1. The summed E-state index contributed by atoms with van der Waals surface area (Å²) in [6.45, 7) is 0. The lowest BCUT2D eigenvalue weighted by molar-refractivity contribution is 0.464. The van der Waals surface area contributed by atoms with Crippen LogP contribution in [-0.4, -0.2) is 10.2 Å². The van der Waals surface area contributed by atoms with Gasteiger partial charge in [-0.1, -0.05) is 24.3 Å². The number of fused-ring (bicyclic) bond motifs is 3. The first kappa shape index (κ1) is 9.83. The van der Waals surface area contributed by atoms with E-state index < -0.39 is 0 Å². The predicted molar refractivity (Wildman–Crippen MR) is 65.7 cm³/mol. The van der Waals surface area contributed by atoms with Gasteiger partial charge in [0.05, 0.1) is 0 Å². The van der Waals surface area contributed by atoms with Crippen molar-refractivity contribution in [2.45, 2.75) is 24.7 Å². The van der Waals surface area contributed by atoms with Gasteiger partial charge < -0.3 is 4.42 Å². The Hall–Kier alpha value is -1.16. The predicted octanol–water partition coefficient (Wildman–Crippen LogP) is 3.28. The lowest BCUT2D eigenvalue weighted by Gasteiger charge is -2.13. The van der Waals surface area contributed by atoms with Crippen molar-refractivity contribution < 1.29 is 4.42 Å². The topological polar surface area (TPSA) is 38.9 Å². The molecule has 2 aliphatic rings. The Labute approximate surface area is 107 Å². The molecule has 3 unspecified atom stereocenters. The minimum Gasteiger partial charge on any atom is -0.415 e. The van der Waals surface area contributed by atoms with E-state index in [1.165, 1.54) is 24.0 Å². The Kier molecular flexibility index (Phi) is 1.98. The highest BCUT2D eigenvalue weighted by molar-refractivity contribution is 9.10. The van der Waals surface area contributed by atoms with Crippen molar-refractivity contribution in [3.8, 4) is 0 Å². The molecule has 86 valence electrons. The van der Waals surface area contributed by atoms with Gasteiger partial charge >= 0.3 is 0 Å². The Balaban J connectivity index is 1.73. The quantitative estimate of drug-likeness (QED) is 0.809. The second-order valence-corrected chi connectivity index (χ2v) is 5.52. The van der Waals surface area contributed by atoms with Crippen LogP contribution in [0.5, 0.6) is 0 Å². The number of hydrogen-bond donors (Lipinski definition) is 0. The average Bonchev–Trinajstić information content (AvgIpc) is 2.96. The monoisotopic (exact) mass is 290 g/mol. The Morgan fingerprint density at radius 3 is 2.88 bits per heavy atom. The molecule has 1 aromatic heterocycles. The first-order chi connectivity index (χ1) is 8.34. The van der Waals surface area contributed by atoms with Crippen LogP contribution in [-0.2, 0) is 6.42 Å². The van der Waals surface area contributed by atoms with E-state index in [0.717, 1.165) is 5.89 Å². The molecule has 4 heteroatoms. The second kappa shape index (κ2) is 3.42. The summed E-state index contributed by atoms with van der Waals surface area (Å²) in [7, 11) is 0. The number of aryl methyl sites for hydroxylation is 1. The zero-order chi connectivity index (χ0) is 11.4. The Bertz CT molecular complexity index is 580. The fraction of sp³-hybridized carbons (Fsp3) is 0.385. The molecule has 2 aliphatic carbocycles. The van der Waals surface area contributed by atoms with Gasteiger partial charge in [0.2, 0.25) is 5.89 Å². The zero-order valence-corrected chi connectivity index (χ0v) is 10.7. The molecule has 17 heavy (non-hydrogen) atoms. The molecule has 2 aromatic rings. The maximum Gasteiger partial charge on any atom is 0.284 e. The van der Waals surface area contributed by atoms with Crippen LogP contribution in [0.1, 0.15) is 35.3 Å². The van der Waals surface area contributed by atoms with Crippen molar-refractivity contribution in [1.82, 2.24) is 10.2 Å². The fourth-order valence-electron chi connectivity index (χ4n) is 3.25. The third-order valence-electron chi connectivity index (χ3n) is 4.03. The lowest BCUT2D eigenvalue weighted by atomic mass is 9.92. The van der Waals surface area contributed by atoms with E-state index in [2.05, 4.69) is 50.4 Å². The molecule has 1 heterocycles. The number of aromatic nitrogens is 2. The van der Waals surface area contributed by atoms with E-state index in [1.807, 2.05) is 0 Å². The standard InChI is InChI=1S/C13H11BrN2O/c14-13-16-15-12(17-13)11-9-6-5-7-3-1-2-4-8(7)10(9)11/h1-4,9-11H,5-6H2. The SMILES string of the molecule is Brc1nnc(C2C3CCc4ccccc4C32)o1. The van der Waals surface area contributed by atoms with Crippen LogP contribution >= 0.6 is 15.9 Å². The van der Waals surface area contributed by atoms with Crippen LogP contribution in [0.15, 0.2) is 33.5 Å². The Morgan fingerprint density at radius 2 is 2.06 bits per heavy atom. The first-order valence-corrected chi connectivity index (χ1v) is 6.70. The summed E-state index contributed by atoms with van der Waals surface area (Å²) in [4.78, 5) is 0.490. The molecule has 0 radical (unpaired) electrons. The van der Waals surface area contributed by atoms with Crippen molar-refractivity contribution in [1.29, 1.82) is 0 Å². The minimum absolute atomic E-state index is 0.442. The normalized spacial score (nSPS) is 29.6. The largest absolute Gasteiger partial charge is 0.415 e. The van der Waals surface area contributed by atoms with E-state index in [1.54, 1.807) is 0 Å². The summed E-state index contributed by atoms with van der Waals surface area (Å²) in [5.41, 5.74) is 2.98. The van der Waals surface area contributed by atoms with Crippen molar-refractivity contribution in [2.75, 3.05) is 0 Å². The third kappa shape index (κ3) is 1.40. The third-order valence-corrected chi connectivity index (χ3v) is 4.35. The van der Waals surface area contributed by atoms with Crippen LogP contribution in [0.25, 0.3) is 0 Å². The molecular weight excluding hydrogens is 280 g/mol. The maximum absolute atomic E-state index is 5.51. The second-order valence-electron chi connectivity index (χ2n) is 4.85. The summed E-state index contributed by atoms with van der Waals surface area (Å²) in [5.74, 6) is 2.55. The molecule has 0 spiro atoms. The summed E-state index contributed by atoms with van der Waals surface area (Å²) >= 11 is 3.22. The van der Waals surface area contributed by atoms with Crippen LogP contribution in [0, 0.1) is 5.92 Å². The molecule has 0 N–H and O–H groups in total. The lowest BCUT2D eigenvalue weighted by Crippen LogP contribution is -2.00. The first-order valence-electron chi connectivity index (χ1n) is 5.91. The highest BCUT2D eigenvalue weighted by atomic mass is 79.9. The summed E-state index contributed by atoms with van der Waals surface area (Å²) < 4.78 is 5.51. The van der Waals surface area contributed by atoms with Gasteiger partial charge in [-0.05, 0) is 35.8 Å². The zero-order valence-electron chi connectivity index (χ0n) is 9.14. The van der Waals surface area contributed by atoms with Crippen molar-refractivity contribution in [3.63, 3.8) is 0 Å². The summed E-state index contributed by atoms with van der Waals surface area (Å²) in [6, 6.07) is 8.74. The molecule has 1 aromatic carbocycles. The van der Waals surface area contributed by atoms with E-state index >= 15 is 0 Å². The number of benzene rings is 1. The van der Waals surface area contributed by atoms with E-state index in [0.29, 0.717) is 22.6 Å². The van der Waals surface area contributed by atoms with Gasteiger partial charge in [0.15, 0.2) is 0 Å². The van der Waals surface area contributed by atoms with Crippen LogP contribution < -0.4 is 0 Å².